The molecular formula is C11H12F2N2O. The predicted octanol–water partition coefficient (Wildman–Crippen LogP) is 2.07. The van der Waals surface area contributed by atoms with Crippen molar-refractivity contribution in [3.8, 4) is 0 Å². The van der Waals surface area contributed by atoms with Crippen LogP contribution in [0.4, 0.5) is 8.78 Å². The molecule has 16 heavy (non-hydrogen) atoms. The van der Waals surface area contributed by atoms with Crippen LogP contribution in [0.25, 0.3) is 0 Å². The number of halogens is 2. The zero-order valence-corrected chi connectivity index (χ0v) is 9.00. The van der Waals surface area contributed by atoms with Crippen molar-refractivity contribution >= 4 is 12.1 Å². The van der Waals surface area contributed by atoms with E-state index >= 15 is 0 Å². The van der Waals surface area contributed by atoms with Gasteiger partial charge in [-0.05, 0) is 6.07 Å². The van der Waals surface area contributed by atoms with E-state index in [4.69, 9.17) is 0 Å². The number of carbonyl (C=O) groups excluding carboxylic acids is 1. The molecule has 0 spiro atoms. The number of hydrazone groups is 1. The summed E-state index contributed by atoms with van der Waals surface area (Å²) in [6, 6.07) is 3.74. The van der Waals surface area contributed by atoms with Gasteiger partial charge in [0.1, 0.15) is 0 Å². The zero-order valence-electron chi connectivity index (χ0n) is 9.00. The van der Waals surface area contributed by atoms with Crippen molar-refractivity contribution in [3.05, 3.63) is 35.4 Å². The first-order chi connectivity index (χ1) is 7.52. The van der Waals surface area contributed by atoms with Crippen molar-refractivity contribution in [2.24, 2.45) is 11.0 Å². The highest BCUT2D eigenvalue weighted by Gasteiger charge is 2.06. The maximum Gasteiger partial charge on any atom is 0.242 e. The normalized spacial score (nSPS) is 11.1. The van der Waals surface area contributed by atoms with Crippen molar-refractivity contribution in [2.75, 3.05) is 0 Å². The largest absolute Gasteiger partial charge is 0.273 e. The van der Waals surface area contributed by atoms with Crippen LogP contribution in [0, 0.1) is 17.6 Å². The van der Waals surface area contributed by atoms with E-state index in [1.807, 2.05) is 0 Å². The third-order valence-electron chi connectivity index (χ3n) is 1.88. The number of nitrogens with one attached hydrogen (secondary N) is 1. The van der Waals surface area contributed by atoms with Gasteiger partial charge in [0.25, 0.3) is 0 Å². The molecule has 0 aromatic heterocycles. The Morgan fingerprint density at radius 2 is 2.12 bits per heavy atom. The molecule has 3 nitrogen and oxygen atoms in total. The summed E-state index contributed by atoms with van der Waals surface area (Å²) in [7, 11) is 0. The monoisotopic (exact) mass is 226 g/mol. The number of rotatable bonds is 3. The van der Waals surface area contributed by atoms with E-state index < -0.39 is 11.6 Å². The summed E-state index contributed by atoms with van der Waals surface area (Å²) in [6.45, 7) is 3.40. The van der Waals surface area contributed by atoms with E-state index in [9.17, 15) is 13.6 Å². The van der Waals surface area contributed by atoms with E-state index in [0.717, 1.165) is 12.3 Å². The minimum absolute atomic E-state index is 0.0101. The van der Waals surface area contributed by atoms with Crippen molar-refractivity contribution in [2.45, 2.75) is 13.8 Å². The fourth-order valence-electron chi connectivity index (χ4n) is 0.915. The van der Waals surface area contributed by atoms with Gasteiger partial charge in [-0.25, -0.2) is 14.2 Å². The topological polar surface area (TPSA) is 41.5 Å². The number of amides is 1. The molecule has 1 aromatic rings. The van der Waals surface area contributed by atoms with E-state index in [1.165, 1.54) is 12.1 Å². The second-order valence-electron chi connectivity index (χ2n) is 3.53. The molecule has 0 aliphatic rings. The lowest BCUT2D eigenvalue weighted by molar-refractivity contribution is -0.123. The SMILES string of the molecule is CC(C)C(=O)N/N=C\c1cccc(F)c1F. The minimum Gasteiger partial charge on any atom is -0.273 e. The van der Waals surface area contributed by atoms with E-state index in [2.05, 4.69) is 10.5 Å². The first kappa shape index (κ1) is 12.3. The summed E-state index contributed by atoms with van der Waals surface area (Å²) in [5.41, 5.74) is 2.21. The lowest BCUT2D eigenvalue weighted by Crippen LogP contribution is -2.22. The maximum atomic E-state index is 13.1. The Morgan fingerprint density at radius 3 is 2.75 bits per heavy atom. The molecule has 0 atom stereocenters. The highest BCUT2D eigenvalue weighted by atomic mass is 19.2. The van der Waals surface area contributed by atoms with Crippen molar-refractivity contribution < 1.29 is 13.6 Å². The first-order valence-electron chi connectivity index (χ1n) is 4.79. The summed E-state index contributed by atoms with van der Waals surface area (Å²) < 4.78 is 25.9. The van der Waals surface area contributed by atoms with E-state index in [-0.39, 0.29) is 17.4 Å². The molecule has 86 valence electrons. The molecule has 1 rings (SSSR count). The van der Waals surface area contributed by atoms with Gasteiger partial charge in [-0.2, -0.15) is 5.10 Å². The molecule has 0 radical (unpaired) electrons. The average molecular weight is 226 g/mol. The van der Waals surface area contributed by atoms with Gasteiger partial charge < -0.3 is 0 Å². The van der Waals surface area contributed by atoms with Crippen molar-refractivity contribution in [1.82, 2.24) is 5.43 Å². The lowest BCUT2D eigenvalue weighted by Gasteiger charge is -2.01. The highest BCUT2D eigenvalue weighted by molar-refractivity contribution is 5.83. The van der Waals surface area contributed by atoms with Crippen molar-refractivity contribution in [3.63, 3.8) is 0 Å². The van der Waals surface area contributed by atoms with Gasteiger partial charge in [0.2, 0.25) is 5.91 Å². The number of carbonyl (C=O) groups is 1. The molecule has 1 N–H and O–H groups in total. The first-order valence-corrected chi connectivity index (χ1v) is 4.79. The van der Waals surface area contributed by atoms with Crippen LogP contribution in [-0.2, 0) is 4.79 Å². The second kappa shape index (κ2) is 5.34. The van der Waals surface area contributed by atoms with Crippen LogP contribution in [0.3, 0.4) is 0 Å². The summed E-state index contributed by atoms with van der Waals surface area (Å²) in [5.74, 6) is -2.42. The molecular weight excluding hydrogens is 214 g/mol. The quantitative estimate of drug-likeness (QED) is 0.622. The van der Waals surface area contributed by atoms with Crippen LogP contribution in [-0.4, -0.2) is 12.1 Å². The van der Waals surface area contributed by atoms with E-state index in [1.54, 1.807) is 13.8 Å². The third-order valence-corrected chi connectivity index (χ3v) is 1.88. The Bertz CT molecular complexity index is 416. The standard InChI is InChI=1S/C11H12F2N2O/c1-7(2)11(16)15-14-6-8-4-3-5-9(12)10(8)13/h3-7H,1-2H3,(H,15,16)/b14-6-. The van der Waals surface area contributed by atoms with Gasteiger partial charge in [-0.15, -0.1) is 0 Å². The molecule has 0 heterocycles. The summed E-state index contributed by atoms with van der Waals surface area (Å²) in [5, 5.41) is 3.53. The fraction of sp³-hybridized carbons (Fsp3) is 0.273. The molecule has 0 saturated carbocycles. The minimum atomic E-state index is -0.981. The summed E-state index contributed by atoms with van der Waals surface area (Å²) in [4.78, 5) is 11.1. The molecule has 1 amide bonds. The predicted molar refractivity (Wildman–Crippen MR) is 56.9 cm³/mol. The Balaban J connectivity index is 2.70. The molecule has 0 aliphatic carbocycles. The number of benzene rings is 1. The Kier molecular flexibility index (Phi) is 4.10. The molecule has 0 unspecified atom stereocenters. The molecule has 5 heteroatoms. The van der Waals surface area contributed by atoms with Crippen LogP contribution >= 0.6 is 0 Å². The van der Waals surface area contributed by atoms with Gasteiger partial charge in [-0.1, -0.05) is 26.0 Å². The third kappa shape index (κ3) is 3.12. The molecule has 0 fully saturated rings. The average Bonchev–Trinajstić information content (AvgIpc) is 2.24. The van der Waals surface area contributed by atoms with Gasteiger partial charge in [0.15, 0.2) is 11.6 Å². The Hall–Kier alpha value is -1.78. The molecule has 0 bridgehead atoms. The van der Waals surface area contributed by atoms with E-state index in [0.29, 0.717) is 0 Å². The molecule has 0 aliphatic heterocycles. The zero-order chi connectivity index (χ0) is 12.1. The van der Waals surface area contributed by atoms with Gasteiger partial charge in [0, 0.05) is 11.5 Å². The number of nitrogens with zero attached hydrogens (tertiary/aromatic N) is 1. The highest BCUT2D eigenvalue weighted by Crippen LogP contribution is 2.08. The van der Waals surface area contributed by atoms with Gasteiger partial charge in [0.05, 0.1) is 6.21 Å². The molecule has 1 aromatic carbocycles. The second-order valence-corrected chi connectivity index (χ2v) is 3.53. The summed E-state index contributed by atoms with van der Waals surface area (Å²) >= 11 is 0. The maximum absolute atomic E-state index is 13.1. The van der Waals surface area contributed by atoms with Crippen LogP contribution in [0.1, 0.15) is 19.4 Å². The van der Waals surface area contributed by atoms with Gasteiger partial charge in [-0.3, -0.25) is 4.79 Å². The van der Waals surface area contributed by atoms with Gasteiger partial charge >= 0.3 is 0 Å². The van der Waals surface area contributed by atoms with Crippen molar-refractivity contribution in [1.29, 1.82) is 0 Å². The van der Waals surface area contributed by atoms with Crippen LogP contribution < -0.4 is 5.43 Å². The number of hydrogen-bond donors (Lipinski definition) is 1. The van der Waals surface area contributed by atoms with Crippen LogP contribution in [0.15, 0.2) is 23.3 Å². The summed E-state index contributed by atoms with van der Waals surface area (Å²) in [6.07, 6.45) is 1.07. The van der Waals surface area contributed by atoms with Crippen LogP contribution in [0.5, 0.6) is 0 Å². The Morgan fingerprint density at radius 1 is 1.44 bits per heavy atom. The smallest absolute Gasteiger partial charge is 0.242 e. The molecule has 0 saturated heterocycles. The Labute approximate surface area is 92.2 Å². The number of hydrogen-bond acceptors (Lipinski definition) is 2. The van der Waals surface area contributed by atoms with Crippen LogP contribution in [0.2, 0.25) is 0 Å². The lowest BCUT2D eigenvalue weighted by atomic mass is 10.2. The fourth-order valence-corrected chi connectivity index (χ4v) is 0.915.